The van der Waals surface area contributed by atoms with Gasteiger partial charge in [-0.1, -0.05) is 42.2 Å². The molecule has 3 aliphatic heterocycles. The molecule has 1 aromatic heterocycles. The van der Waals surface area contributed by atoms with Crippen LogP contribution in [0.4, 0.5) is 5.69 Å². The number of aromatic nitrogens is 3. The average molecular weight is 532 g/mol. The number of hydrogen-bond acceptors (Lipinski definition) is 8. The largest absolute Gasteiger partial charge is 0.491 e. The minimum Gasteiger partial charge on any atom is -0.491 e. The van der Waals surface area contributed by atoms with Crippen LogP contribution in [0, 0.1) is 17.8 Å². The maximum Gasteiger partial charge on any atom is 0.288 e. The van der Waals surface area contributed by atoms with E-state index in [4.69, 9.17) is 19.9 Å². The Labute approximate surface area is 225 Å². The molecule has 3 aliphatic rings. The predicted octanol–water partition coefficient (Wildman–Crippen LogP) is 1.05. The number of fused-ring (bicyclic) bond motifs is 2. The topological polar surface area (TPSA) is 153 Å². The van der Waals surface area contributed by atoms with Gasteiger partial charge >= 0.3 is 0 Å². The number of carbonyl (C=O) groups is 2. The number of aromatic amines is 1. The number of benzene rings is 2. The molecule has 11 nitrogen and oxygen atoms in total. The molecule has 2 fully saturated rings. The lowest BCUT2D eigenvalue weighted by Gasteiger charge is -2.16. The van der Waals surface area contributed by atoms with Crippen LogP contribution in [0.2, 0.25) is 0 Å². The smallest absolute Gasteiger partial charge is 0.288 e. The van der Waals surface area contributed by atoms with E-state index < -0.39 is 12.0 Å². The van der Waals surface area contributed by atoms with Crippen molar-refractivity contribution in [2.75, 3.05) is 31.8 Å². The van der Waals surface area contributed by atoms with Gasteiger partial charge in [-0.3, -0.25) is 14.7 Å². The molecule has 0 radical (unpaired) electrons. The highest BCUT2D eigenvalue weighted by molar-refractivity contribution is 5.95. The summed E-state index contributed by atoms with van der Waals surface area (Å²) >= 11 is 0. The van der Waals surface area contributed by atoms with Crippen molar-refractivity contribution in [1.29, 1.82) is 0 Å². The van der Waals surface area contributed by atoms with Gasteiger partial charge in [-0.15, -0.1) is 5.10 Å². The first kappa shape index (κ1) is 26.4. The zero-order valence-corrected chi connectivity index (χ0v) is 21.4. The minimum atomic E-state index is -0.620. The summed E-state index contributed by atoms with van der Waals surface area (Å²) in [5, 5.41) is 16.1. The van der Waals surface area contributed by atoms with Gasteiger partial charge in [0.25, 0.3) is 5.91 Å². The number of primary amides is 1. The van der Waals surface area contributed by atoms with Crippen LogP contribution in [0.15, 0.2) is 48.5 Å². The van der Waals surface area contributed by atoms with E-state index in [0.29, 0.717) is 44.2 Å². The van der Waals surface area contributed by atoms with Crippen molar-refractivity contribution in [2.45, 2.75) is 31.2 Å². The molecule has 2 aromatic carbocycles. The number of hydrogen-bond donors (Lipinski definition) is 3. The molecule has 0 aliphatic carbocycles. The number of nitrogens with zero attached hydrogens (tertiary/aromatic N) is 3. The Morgan fingerprint density at radius 2 is 1.97 bits per heavy atom. The third kappa shape index (κ3) is 6.09. The minimum absolute atomic E-state index is 0.0271. The molecule has 4 heterocycles. The first-order valence-corrected chi connectivity index (χ1v) is 12.6. The second kappa shape index (κ2) is 11.7. The second-order valence-corrected chi connectivity index (χ2v) is 9.41. The van der Waals surface area contributed by atoms with Crippen LogP contribution in [0.3, 0.4) is 0 Å². The Bertz CT molecular complexity index is 1400. The molecule has 0 saturated carbocycles. The van der Waals surface area contributed by atoms with Crippen LogP contribution < -0.4 is 15.4 Å². The highest BCUT2D eigenvalue weighted by Crippen LogP contribution is 2.32. The Kier molecular flexibility index (Phi) is 7.88. The third-order valence-electron chi connectivity index (χ3n) is 6.66. The van der Waals surface area contributed by atoms with Crippen LogP contribution in [-0.2, 0) is 20.7 Å². The molecule has 202 valence electrons. The van der Waals surface area contributed by atoms with Gasteiger partial charge in [0.2, 0.25) is 11.7 Å². The Balaban J connectivity index is 0.000000177. The molecular formula is C28H29N5O6. The van der Waals surface area contributed by atoms with Crippen molar-refractivity contribution in [3.63, 3.8) is 0 Å². The second-order valence-electron chi connectivity index (χ2n) is 9.41. The van der Waals surface area contributed by atoms with Gasteiger partial charge in [-0.05, 0) is 23.8 Å². The van der Waals surface area contributed by atoms with E-state index in [1.165, 1.54) is 0 Å². The molecule has 4 N–H and O–H groups in total. The van der Waals surface area contributed by atoms with Crippen LogP contribution in [0.1, 0.15) is 34.0 Å². The predicted molar refractivity (Wildman–Crippen MR) is 140 cm³/mol. The molecule has 39 heavy (non-hydrogen) atoms. The fourth-order valence-electron chi connectivity index (χ4n) is 4.58. The number of ether oxygens (including phenoxy) is 3. The molecule has 6 rings (SSSR count). The van der Waals surface area contributed by atoms with E-state index in [1.54, 1.807) is 11.9 Å². The third-order valence-corrected chi connectivity index (χ3v) is 6.66. The van der Waals surface area contributed by atoms with E-state index in [-0.39, 0.29) is 29.9 Å². The normalized spacial score (nSPS) is 23.3. The number of nitrogens with one attached hydrogen (secondary N) is 1. The lowest BCUT2D eigenvalue weighted by Crippen LogP contribution is -2.28. The van der Waals surface area contributed by atoms with Gasteiger partial charge in [-0.25, -0.2) is 4.98 Å². The van der Waals surface area contributed by atoms with Crippen molar-refractivity contribution in [3.8, 4) is 17.6 Å². The number of H-pyrrole nitrogens is 1. The summed E-state index contributed by atoms with van der Waals surface area (Å²) in [4.78, 5) is 28.3. The summed E-state index contributed by atoms with van der Waals surface area (Å²) in [5.74, 6) is 7.03. The quantitative estimate of drug-likeness (QED) is 0.424. The van der Waals surface area contributed by atoms with Gasteiger partial charge in [0, 0.05) is 19.0 Å². The molecule has 0 spiro atoms. The Morgan fingerprint density at radius 3 is 2.74 bits per heavy atom. The lowest BCUT2D eigenvalue weighted by molar-refractivity contribution is -0.118. The summed E-state index contributed by atoms with van der Waals surface area (Å²) < 4.78 is 16.8. The van der Waals surface area contributed by atoms with Crippen LogP contribution >= 0.6 is 0 Å². The summed E-state index contributed by atoms with van der Waals surface area (Å²) in [6, 6.07) is 15.4. The van der Waals surface area contributed by atoms with E-state index in [9.17, 15) is 14.7 Å². The van der Waals surface area contributed by atoms with Crippen LogP contribution in [-0.4, -0.2) is 77.3 Å². The molecule has 2 saturated heterocycles. The molecular weight excluding hydrogens is 502 g/mol. The first-order valence-electron chi connectivity index (χ1n) is 12.6. The number of aliphatic hydroxyl groups excluding tert-OH is 1. The van der Waals surface area contributed by atoms with Gasteiger partial charge in [-0.2, -0.15) is 0 Å². The maximum atomic E-state index is 12.0. The van der Waals surface area contributed by atoms with Crippen LogP contribution in [0.5, 0.6) is 5.75 Å². The van der Waals surface area contributed by atoms with E-state index in [2.05, 4.69) is 27.0 Å². The average Bonchev–Trinajstić information content (AvgIpc) is 3.65. The monoisotopic (exact) mass is 531 g/mol. The Morgan fingerprint density at radius 1 is 1.18 bits per heavy atom. The Hall–Kier alpha value is -4.24. The molecule has 3 aromatic rings. The first-order chi connectivity index (χ1) is 18.9. The van der Waals surface area contributed by atoms with Crippen molar-refractivity contribution >= 4 is 17.5 Å². The zero-order chi connectivity index (χ0) is 27.4. The molecule has 4 unspecified atom stereocenters. The lowest BCUT2D eigenvalue weighted by atomic mass is 10.0. The van der Waals surface area contributed by atoms with Crippen molar-refractivity contribution in [1.82, 2.24) is 15.2 Å². The van der Waals surface area contributed by atoms with Gasteiger partial charge < -0.3 is 30.0 Å². The summed E-state index contributed by atoms with van der Waals surface area (Å²) in [7, 11) is 1.75. The standard InChI is InChI=1S/C18H19NO5.C10H10N4O/c1-19-13-8-11(3-5-15(13)22-7-6-16(19)21)2-4-12-9-23-18-14(20)10-24-17(12)18;11-9(15)10-12-8(13-14-10)6-7-4-2-1-3-5-7/h3,5,8,12,14,17-18,20H,6-7,9-10H2,1H3;1-5H,6H2,(H2,11,15)(H,12,13,14). The summed E-state index contributed by atoms with van der Waals surface area (Å²) in [6.45, 7) is 1.16. The highest BCUT2D eigenvalue weighted by atomic mass is 16.6. The molecule has 0 bridgehead atoms. The van der Waals surface area contributed by atoms with E-state index in [1.807, 2.05) is 48.5 Å². The molecule has 2 amide bonds. The van der Waals surface area contributed by atoms with E-state index >= 15 is 0 Å². The SMILES string of the molecule is CN1C(=O)CCOc2ccc(C#CC3COC4C(O)COC34)cc21.NC(=O)c1n[nH]c(Cc2ccccc2)n1. The van der Waals surface area contributed by atoms with Crippen molar-refractivity contribution < 1.29 is 28.9 Å². The highest BCUT2D eigenvalue weighted by Gasteiger charge is 2.46. The summed E-state index contributed by atoms with van der Waals surface area (Å²) in [6.07, 6.45) is -0.0179. The summed E-state index contributed by atoms with van der Waals surface area (Å²) in [5.41, 5.74) is 7.68. The van der Waals surface area contributed by atoms with Crippen molar-refractivity contribution in [2.24, 2.45) is 11.7 Å². The number of amides is 2. The van der Waals surface area contributed by atoms with Gasteiger partial charge in [0.05, 0.1) is 37.8 Å². The van der Waals surface area contributed by atoms with Gasteiger partial charge in [0.15, 0.2) is 0 Å². The molecule has 4 atom stereocenters. The van der Waals surface area contributed by atoms with Crippen LogP contribution in [0.25, 0.3) is 0 Å². The van der Waals surface area contributed by atoms with Crippen molar-refractivity contribution in [3.05, 3.63) is 71.3 Å². The number of anilines is 1. The van der Waals surface area contributed by atoms with E-state index in [0.717, 1.165) is 16.8 Å². The maximum absolute atomic E-state index is 12.0. The molecule has 11 heteroatoms. The van der Waals surface area contributed by atoms with Gasteiger partial charge in [0.1, 0.15) is 29.9 Å². The number of aliphatic hydroxyl groups is 1. The fraction of sp³-hybridized carbons (Fsp3) is 0.357. The zero-order valence-electron chi connectivity index (χ0n) is 21.4. The number of rotatable bonds is 3. The fourth-order valence-corrected chi connectivity index (χ4v) is 4.58. The number of carbonyl (C=O) groups excluding carboxylic acids is 2. The number of nitrogens with two attached hydrogens (primary N) is 1.